The molecule has 1 saturated heterocycles. The second-order valence-corrected chi connectivity index (χ2v) is 6.48. The van der Waals surface area contributed by atoms with Gasteiger partial charge in [0.25, 0.3) is 0 Å². The van der Waals surface area contributed by atoms with Gasteiger partial charge in [0, 0.05) is 24.9 Å². The fourth-order valence-electron chi connectivity index (χ4n) is 2.80. The Hall–Kier alpha value is -2.36. The second-order valence-electron chi connectivity index (χ2n) is 6.48. The van der Waals surface area contributed by atoms with Crippen LogP contribution in [-0.2, 0) is 10.9 Å². The molecule has 0 spiro atoms. The standard InChI is InChI=1S/C16H19F3N6O/c1-2-20-14-11(16(17,18)19)5-21-15(23-14)22-12-6-25(10-7-26-8-10)24-13(12)9-3-4-9/h5-6,9-10H,2-4,7-8H2,1H3,(H2,20,21,22,23). The number of halogens is 3. The average molecular weight is 368 g/mol. The smallest absolute Gasteiger partial charge is 0.377 e. The van der Waals surface area contributed by atoms with Crippen molar-refractivity contribution in [2.45, 2.75) is 37.9 Å². The Kier molecular flexibility index (Phi) is 4.22. The van der Waals surface area contributed by atoms with Crippen molar-refractivity contribution in [3.05, 3.63) is 23.7 Å². The van der Waals surface area contributed by atoms with E-state index in [0.29, 0.717) is 25.7 Å². The van der Waals surface area contributed by atoms with Crippen LogP contribution in [0.4, 0.5) is 30.6 Å². The molecule has 3 heterocycles. The van der Waals surface area contributed by atoms with Gasteiger partial charge in [0.15, 0.2) is 0 Å². The molecule has 0 unspecified atom stereocenters. The molecule has 1 aliphatic heterocycles. The third-order valence-electron chi connectivity index (χ3n) is 4.40. The Labute approximate surface area is 148 Å². The molecule has 10 heteroatoms. The van der Waals surface area contributed by atoms with Gasteiger partial charge in [0.2, 0.25) is 5.95 Å². The molecule has 26 heavy (non-hydrogen) atoms. The number of aromatic nitrogens is 4. The highest BCUT2D eigenvalue weighted by molar-refractivity contribution is 5.59. The first-order valence-corrected chi connectivity index (χ1v) is 8.57. The van der Waals surface area contributed by atoms with Gasteiger partial charge in [-0.25, -0.2) is 4.98 Å². The fraction of sp³-hybridized carbons (Fsp3) is 0.562. The number of anilines is 3. The Balaban J connectivity index is 1.62. The van der Waals surface area contributed by atoms with Crippen molar-refractivity contribution in [3.8, 4) is 0 Å². The zero-order valence-electron chi connectivity index (χ0n) is 14.2. The first-order valence-electron chi connectivity index (χ1n) is 8.57. The number of nitrogens with one attached hydrogen (secondary N) is 2. The quantitative estimate of drug-likeness (QED) is 0.815. The summed E-state index contributed by atoms with van der Waals surface area (Å²) >= 11 is 0. The maximum absolute atomic E-state index is 13.1. The second kappa shape index (κ2) is 6.42. The topological polar surface area (TPSA) is 76.9 Å². The molecule has 0 amide bonds. The monoisotopic (exact) mass is 368 g/mol. The largest absolute Gasteiger partial charge is 0.421 e. The first kappa shape index (κ1) is 17.1. The molecule has 2 aliphatic rings. The van der Waals surface area contributed by atoms with Gasteiger partial charge < -0.3 is 15.4 Å². The number of nitrogens with zero attached hydrogens (tertiary/aromatic N) is 4. The van der Waals surface area contributed by atoms with Crippen LogP contribution in [0.25, 0.3) is 0 Å². The van der Waals surface area contributed by atoms with E-state index in [9.17, 15) is 13.2 Å². The molecule has 2 fully saturated rings. The number of hydrogen-bond acceptors (Lipinski definition) is 6. The van der Waals surface area contributed by atoms with Gasteiger partial charge in [0.05, 0.1) is 30.6 Å². The molecule has 1 aliphatic carbocycles. The van der Waals surface area contributed by atoms with Gasteiger partial charge in [0.1, 0.15) is 11.4 Å². The number of ether oxygens (including phenoxy) is 1. The van der Waals surface area contributed by atoms with Crippen molar-refractivity contribution in [1.82, 2.24) is 19.7 Å². The van der Waals surface area contributed by atoms with E-state index < -0.39 is 11.7 Å². The summed E-state index contributed by atoms with van der Waals surface area (Å²) in [5, 5.41) is 10.3. The lowest BCUT2D eigenvalue weighted by molar-refractivity contribution is -0.137. The van der Waals surface area contributed by atoms with Gasteiger partial charge >= 0.3 is 6.18 Å². The lowest BCUT2D eigenvalue weighted by atomic mass is 10.2. The predicted octanol–water partition coefficient (Wildman–Crippen LogP) is 3.32. The number of alkyl halides is 3. The van der Waals surface area contributed by atoms with Crippen LogP contribution in [0, 0.1) is 0 Å². The summed E-state index contributed by atoms with van der Waals surface area (Å²) in [6, 6.07) is 0.203. The van der Waals surface area contributed by atoms with E-state index in [4.69, 9.17) is 4.74 Å². The molecule has 2 aromatic rings. The predicted molar refractivity (Wildman–Crippen MR) is 88.5 cm³/mol. The maximum atomic E-state index is 13.1. The zero-order chi connectivity index (χ0) is 18.3. The van der Waals surface area contributed by atoms with Crippen molar-refractivity contribution >= 4 is 17.5 Å². The van der Waals surface area contributed by atoms with Gasteiger partial charge in [-0.2, -0.15) is 23.3 Å². The molecule has 140 valence electrons. The molecule has 0 radical (unpaired) electrons. The van der Waals surface area contributed by atoms with Crippen LogP contribution >= 0.6 is 0 Å². The zero-order valence-corrected chi connectivity index (χ0v) is 14.2. The van der Waals surface area contributed by atoms with E-state index in [1.54, 1.807) is 6.92 Å². The molecule has 4 rings (SSSR count). The van der Waals surface area contributed by atoms with Gasteiger partial charge in [-0.05, 0) is 19.8 Å². The highest BCUT2D eigenvalue weighted by Gasteiger charge is 2.36. The average Bonchev–Trinajstić information content (AvgIpc) is 3.28. The highest BCUT2D eigenvalue weighted by atomic mass is 19.4. The van der Waals surface area contributed by atoms with Crippen molar-refractivity contribution < 1.29 is 17.9 Å². The lowest BCUT2D eigenvalue weighted by Gasteiger charge is -2.25. The van der Waals surface area contributed by atoms with Crippen LogP contribution in [0.2, 0.25) is 0 Å². The molecular formula is C16H19F3N6O. The normalized spacial score (nSPS) is 17.8. The minimum absolute atomic E-state index is 0.111. The van der Waals surface area contributed by atoms with Crippen LogP contribution in [0.5, 0.6) is 0 Å². The summed E-state index contributed by atoms with van der Waals surface area (Å²) in [5.41, 5.74) is 0.765. The van der Waals surface area contributed by atoms with Crippen LogP contribution in [-0.4, -0.2) is 39.5 Å². The summed E-state index contributed by atoms with van der Waals surface area (Å²) in [4.78, 5) is 7.87. The van der Waals surface area contributed by atoms with Crippen LogP contribution in [0.15, 0.2) is 12.4 Å². The van der Waals surface area contributed by atoms with E-state index >= 15 is 0 Å². The van der Waals surface area contributed by atoms with E-state index in [0.717, 1.165) is 30.4 Å². The Morgan fingerprint density at radius 1 is 1.31 bits per heavy atom. The third-order valence-corrected chi connectivity index (χ3v) is 4.40. The lowest BCUT2D eigenvalue weighted by Crippen LogP contribution is -2.31. The molecule has 0 atom stereocenters. The van der Waals surface area contributed by atoms with Crippen LogP contribution in [0.1, 0.15) is 43.0 Å². The molecule has 2 aromatic heterocycles. The van der Waals surface area contributed by atoms with E-state index in [-0.39, 0.29) is 17.8 Å². The molecule has 2 N–H and O–H groups in total. The molecule has 0 aromatic carbocycles. The van der Waals surface area contributed by atoms with Crippen molar-refractivity contribution in [1.29, 1.82) is 0 Å². The number of rotatable bonds is 6. The summed E-state index contributed by atoms with van der Waals surface area (Å²) < 4.78 is 46.3. The molecule has 1 saturated carbocycles. The van der Waals surface area contributed by atoms with Gasteiger partial charge in [-0.15, -0.1) is 0 Å². The van der Waals surface area contributed by atoms with Gasteiger partial charge in [-0.3, -0.25) is 4.68 Å². The minimum Gasteiger partial charge on any atom is -0.377 e. The SMILES string of the molecule is CCNc1nc(Nc2cn(C3COC3)nc2C2CC2)ncc1C(F)(F)F. The summed E-state index contributed by atoms with van der Waals surface area (Å²) in [5.74, 6) is 0.257. The molecule has 0 bridgehead atoms. The van der Waals surface area contributed by atoms with Crippen molar-refractivity contribution in [3.63, 3.8) is 0 Å². The summed E-state index contributed by atoms with van der Waals surface area (Å²) in [6.45, 7) is 3.27. The van der Waals surface area contributed by atoms with Gasteiger partial charge in [-0.1, -0.05) is 0 Å². The van der Waals surface area contributed by atoms with Crippen LogP contribution < -0.4 is 10.6 Å². The third kappa shape index (κ3) is 3.33. The van der Waals surface area contributed by atoms with Crippen LogP contribution in [0.3, 0.4) is 0 Å². The molecule has 7 nitrogen and oxygen atoms in total. The fourth-order valence-corrected chi connectivity index (χ4v) is 2.80. The number of hydrogen-bond donors (Lipinski definition) is 2. The summed E-state index contributed by atoms with van der Waals surface area (Å²) in [7, 11) is 0. The maximum Gasteiger partial charge on any atom is 0.421 e. The van der Waals surface area contributed by atoms with E-state index in [1.807, 2.05) is 10.9 Å². The Morgan fingerprint density at radius 3 is 2.65 bits per heavy atom. The van der Waals surface area contributed by atoms with Crippen molar-refractivity contribution in [2.24, 2.45) is 0 Å². The highest BCUT2D eigenvalue weighted by Crippen LogP contribution is 2.43. The first-order chi connectivity index (χ1) is 12.5. The van der Waals surface area contributed by atoms with E-state index in [1.165, 1.54) is 0 Å². The van der Waals surface area contributed by atoms with Crippen molar-refractivity contribution in [2.75, 3.05) is 30.4 Å². The Bertz CT molecular complexity index is 798. The minimum atomic E-state index is -4.51. The van der Waals surface area contributed by atoms with E-state index in [2.05, 4.69) is 25.7 Å². The summed E-state index contributed by atoms with van der Waals surface area (Å²) in [6.07, 6.45) is 0.264. The molecular weight excluding hydrogens is 349 g/mol. The Morgan fingerprint density at radius 2 is 2.08 bits per heavy atom.